The van der Waals surface area contributed by atoms with E-state index in [0.717, 1.165) is 10.5 Å². The van der Waals surface area contributed by atoms with Gasteiger partial charge in [0.1, 0.15) is 5.54 Å². The van der Waals surface area contributed by atoms with Gasteiger partial charge >= 0.3 is 6.03 Å². The summed E-state index contributed by atoms with van der Waals surface area (Å²) in [6.07, 6.45) is 3.07. The summed E-state index contributed by atoms with van der Waals surface area (Å²) in [6.45, 7) is 10.9. The molecule has 1 aromatic heterocycles. The van der Waals surface area contributed by atoms with Crippen LogP contribution in [0.2, 0.25) is 0 Å². The summed E-state index contributed by atoms with van der Waals surface area (Å²) in [5.74, 6) is -0.123. The van der Waals surface area contributed by atoms with Crippen LogP contribution in [-0.2, 0) is 11.3 Å². The second-order valence-electron chi connectivity index (χ2n) is 6.28. The molecule has 7 heteroatoms. The molecule has 1 aliphatic rings. The summed E-state index contributed by atoms with van der Waals surface area (Å²) in [6, 6.07) is -0.381. The van der Waals surface area contributed by atoms with E-state index in [0.29, 0.717) is 17.8 Å². The van der Waals surface area contributed by atoms with Gasteiger partial charge in [0.25, 0.3) is 5.91 Å². The summed E-state index contributed by atoms with van der Waals surface area (Å²) in [5.41, 5.74) is 0.922. The third-order valence-corrected chi connectivity index (χ3v) is 4.19. The van der Waals surface area contributed by atoms with Gasteiger partial charge in [-0.3, -0.25) is 9.48 Å². The average molecular weight is 318 g/mol. The minimum atomic E-state index is -0.885. The first-order chi connectivity index (χ1) is 10.6. The van der Waals surface area contributed by atoms with Crippen LogP contribution >= 0.6 is 0 Å². The molecule has 0 spiro atoms. The van der Waals surface area contributed by atoms with Crippen LogP contribution in [0.15, 0.2) is 35.9 Å². The molecule has 2 rings (SSSR count). The van der Waals surface area contributed by atoms with E-state index in [1.165, 1.54) is 11.1 Å². The number of nitrogens with zero attached hydrogens (tertiary/aromatic N) is 4. The fraction of sp³-hybridized carbons (Fsp3) is 0.438. The van der Waals surface area contributed by atoms with E-state index in [4.69, 9.17) is 0 Å². The van der Waals surface area contributed by atoms with Crippen LogP contribution in [0.25, 0.3) is 0 Å². The van der Waals surface area contributed by atoms with E-state index < -0.39 is 5.54 Å². The van der Waals surface area contributed by atoms with Crippen molar-refractivity contribution in [2.24, 2.45) is 0 Å². The Balaban J connectivity index is 2.30. The molecule has 0 aromatic carbocycles. The number of likely N-dealkylation sites (N-methyl/N-ethyl adjacent to an activating group) is 1. The predicted octanol–water partition coefficient (Wildman–Crippen LogP) is 2.47. The predicted molar refractivity (Wildman–Crippen MR) is 87.1 cm³/mol. The molecule has 0 saturated carbocycles. The van der Waals surface area contributed by atoms with Crippen molar-refractivity contribution >= 4 is 17.6 Å². The molecule has 23 heavy (non-hydrogen) atoms. The van der Waals surface area contributed by atoms with Crippen LogP contribution in [0.3, 0.4) is 0 Å². The van der Waals surface area contributed by atoms with E-state index in [-0.39, 0.29) is 17.7 Å². The summed E-state index contributed by atoms with van der Waals surface area (Å²) < 4.78 is 1.56. The van der Waals surface area contributed by atoms with Gasteiger partial charge in [0.05, 0.1) is 24.2 Å². The summed E-state index contributed by atoms with van der Waals surface area (Å²) >= 11 is 0. The lowest BCUT2D eigenvalue weighted by Crippen LogP contribution is -2.41. The average Bonchev–Trinajstić information content (AvgIpc) is 2.96. The number of allylic oxidation sites excluding steroid dienone is 3. The number of imide groups is 1. The van der Waals surface area contributed by atoms with Gasteiger partial charge in [0.15, 0.2) is 0 Å². The van der Waals surface area contributed by atoms with Crippen molar-refractivity contribution in [3.8, 4) is 0 Å². The highest BCUT2D eigenvalue weighted by atomic mass is 16.3. The second kappa shape index (κ2) is 5.57. The fourth-order valence-corrected chi connectivity index (χ4v) is 2.40. The maximum atomic E-state index is 12.5. The van der Waals surface area contributed by atoms with Crippen molar-refractivity contribution in [2.75, 3.05) is 11.9 Å². The molecule has 2 heterocycles. The fourth-order valence-electron chi connectivity index (χ4n) is 2.40. The first-order valence-electron chi connectivity index (χ1n) is 7.26. The van der Waals surface area contributed by atoms with Crippen LogP contribution in [0.1, 0.15) is 27.7 Å². The van der Waals surface area contributed by atoms with E-state index in [2.05, 4.69) is 11.7 Å². The van der Waals surface area contributed by atoms with Gasteiger partial charge in [-0.2, -0.15) is 5.10 Å². The first kappa shape index (κ1) is 16.8. The minimum absolute atomic E-state index is 0.170. The van der Waals surface area contributed by atoms with Crippen LogP contribution < -0.4 is 4.90 Å². The normalized spacial score (nSPS) is 18.5. The number of amides is 3. The molecule has 0 atom stereocenters. The number of urea groups is 1. The zero-order valence-electron chi connectivity index (χ0n) is 14.1. The Morgan fingerprint density at radius 1 is 1.35 bits per heavy atom. The zero-order chi connectivity index (χ0) is 17.5. The highest BCUT2D eigenvalue weighted by Gasteiger charge is 2.50. The van der Waals surface area contributed by atoms with Crippen molar-refractivity contribution in [3.63, 3.8) is 0 Å². The van der Waals surface area contributed by atoms with Crippen LogP contribution in [0.4, 0.5) is 10.5 Å². The zero-order valence-corrected chi connectivity index (χ0v) is 14.1. The number of carbonyl (C=O) groups is 2. The molecule has 0 bridgehead atoms. The Morgan fingerprint density at radius 2 is 1.96 bits per heavy atom. The molecule has 0 unspecified atom stereocenters. The third-order valence-electron chi connectivity index (χ3n) is 4.19. The summed E-state index contributed by atoms with van der Waals surface area (Å²) in [5, 5.41) is 13.9. The molecule has 1 N–H and O–H groups in total. The second-order valence-corrected chi connectivity index (χ2v) is 6.28. The van der Waals surface area contributed by atoms with Gasteiger partial charge in [0, 0.05) is 18.8 Å². The standard InChI is InChI=1S/C16H22N4O3/c1-10(2)13(11(3)21)9-19-8-12(7-17-19)20-14(22)16(4,5)18(6)15(20)23/h7-8,21H,1,9H2,2-6H3/b13-11-. The Kier molecular flexibility index (Phi) is 4.07. The van der Waals surface area contributed by atoms with Gasteiger partial charge in [-0.05, 0) is 33.3 Å². The number of rotatable bonds is 4. The van der Waals surface area contributed by atoms with Crippen molar-refractivity contribution in [1.29, 1.82) is 0 Å². The lowest BCUT2D eigenvalue weighted by Gasteiger charge is -2.22. The number of anilines is 1. The molecule has 124 valence electrons. The Bertz CT molecular complexity index is 711. The lowest BCUT2D eigenvalue weighted by atomic mass is 10.1. The molecule has 7 nitrogen and oxygen atoms in total. The van der Waals surface area contributed by atoms with Crippen molar-refractivity contribution in [1.82, 2.24) is 14.7 Å². The Morgan fingerprint density at radius 3 is 2.39 bits per heavy atom. The van der Waals surface area contributed by atoms with E-state index >= 15 is 0 Å². The number of carbonyl (C=O) groups excluding carboxylic acids is 2. The third kappa shape index (κ3) is 2.74. The first-order valence-corrected chi connectivity index (χ1v) is 7.26. The van der Waals surface area contributed by atoms with E-state index in [1.807, 2.05) is 0 Å². The van der Waals surface area contributed by atoms with Crippen molar-refractivity contribution in [2.45, 2.75) is 39.8 Å². The molecular formula is C16H22N4O3. The molecule has 1 aromatic rings. The number of aromatic nitrogens is 2. The molecule has 3 amide bonds. The van der Waals surface area contributed by atoms with Gasteiger partial charge in [-0.15, -0.1) is 0 Å². The molecule has 1 aliphatic heterocycles. The quantitative estimate of drug-likeness (QED) is 0.525. The maximum absolute atomic E-state index is 12.5. The molecular weight excluding hydrogens is 296 g/mol. The van der Waals surface area contributed by atoms with Gasteiger partial charge < -0.3 is 10.0 Å². The summed E-state index contributed by atoms with van der Waals surface area (Å²) in [4.78, 5) is 27.3. The van der Waals surface area contributed by atoms with Gasteiger partial charge in [-0.25, -0.2) is 9.69 Å². The van der Waals surface area contributed by atoms with Crippen LogP contribution in [0, 0.1) is 0 Å². The van der Waals surface area contributed by atoms with Gasteiger partial charge in [0.2, 0.25) is 0 Å². The highest BCUT2D eigenvalue weighted by Crippen LogP contribution is 2.30. The Labute approximate surface area is 135 Å². The van der Waals surface area contributed by atoms with Gasteiger partial charge in [-0.1, -0.05) is 6.58 Å². The molecule has 1 saturated heterocycles. The summed E-state index contributed by atoms with van der Waals surface area (Å²) in [7, 11) is 1.60. The topological polar surface area (TPSA) is 78.7 Å². The van der Waals surface area contributed by atoms with Crippen molar-refractivity contribution < 1.29 is 14.7 Å². The number of aliphatic hydroxyl groups excluding tert-OH is 1. The largest absolute Gasteiger partial charge is 0.512 e. The maximum Gasteiger partial charge on any atom is 0.332 e. The monoisotopic (exact) mass is 318 g/mol. The van der Waals surface area contributed by atoms with E-state index in [1.54, 1.807) is 45.6 Å². The molecule has 1 fully saturated rings. The SMILES string of the molecule is C=C(C)/C(Cn1cc(N2C(=O)N(C)C(C)(C)C2=O)cn1)=C(/C)O. The lowest BCUT2D eigenvalue weighted by molar-refractivity contribution is -0.123. The molecule has 0 radical (unpaired) electrons. The van der Waals surface area contributed by atoms with Crippen LogP contribution in [-0.4, -0.2) is 44.3 Å². The number of hydrogen-bond acceptors (Lipinski definition) is 4. The Hall–Kier alpha value is -2.57. The van der Waals surface area contributed by atoms with E-state index in [9.17, 15) is 14.7 Å². The highest BCUT2D eigenvalue weighted by molar-refractivity contribution is 6.22. The smallest absolute Gasteiger partial charge is 0.332 e. The van der Waals surface area contributed by atoms with Crippen LogP contribution in [0.5, 0.6) is 0 Å². The van der Waals surface area contributed by atoms with Crippen molar-refractivity contribution in [3.05, 3.63) is 35.9 Å². The molecule has 0 aliphatic carbocycles. The number of hydrogen-bond donors (Lipinski definition) is 1. The number of aliphatic hydroxyl groups is 1. The minimum Gasteiger partial charge on any atom is -0.512 e.